The predicted octanol–water partition coefficient (Wildman–Crippen LogP) is 4.68. The van der Waals surface area contributed by atoms with Crippen LogP contribution in [0.25, 0.3) is 0 Å². The van der Waals surface area contributed by atoms with Gasteiger partial charge in [0.2, 0.25) is 0 Å². The number of hydrogen-bond acceptors (Lipinski definition) is 3. The molecule has 2 atom stereocenters. The summed E-state index contributed by atoms with van der Waals surface area (Å²) in [5, 5.41) is 12.2. The van der Waals surface area contributed by atoms with Crippen LogP contribution in [0.5, 0.6) is 5.75 Å². The van der Waals surface area contributed by atoms with Crippen LogP contribution in [0, 0.1) is 0 Å². The Hall–Kier alpha value is -2.33. The van der Waals surface area contributed by atoms with Gasteiger partial charge in [-0.2, -0.15) is 30.7 Å². The molecule has 0 aliphatic carbocycles. The molecule has 2 N–H and O–H groups in total. The summed E-state index contributed by atoms with van der Waals surface area (Å²) in [5.74, 6) is -0.572. The normalized spacial score (nSPS) is 14.8. The van der Waals surface area contributed by atoms with Gasteiger partial charge in [0, 0.05) is 6.54 Å². The molecule has 0 bridgehead atoms. The van der Waals surface area contributed by atoms with Crippen LogP contribution in [0.4, 0.5) is 30.7 Å². The van der Waals surface area contributed by atoms with Gasteiger partial charge in [0.05, 0.1) is 6.04 Å². The fourth-order valence-corrected chi connectivity index (χ4v) is 2.41. The number of hydrogen-bond donors (Lipinski definition) is 2. The van der Waals surface area contributed by atoms with E-state index in [4.69, 9.17) is 0 Å². The van der Waals surface area contributed by atoms with Crippen molar-refractivity contribution < 1.29 is 40.6 Å². The van der Waals surface area contributed by atoms with Crippen LogP contribution in [0.2, 0.25) is 0 Å². The molecule has 2 unspecified atom stereocenters. The molecule has 0 aliphatic heterocycles. The molecule has 0 spiro atoms. The third kappa shape index (κ3) is 5.83. The van der Waals surface area contributed by atoms with Crippen molar-refractivity contribution in [3.05, 3.63) is 65.7 Å². The van der Waals surface area contributed by atoms with E-state index in [0.717, 1.165) is 12.1 Å². The van der Waals surface area contributed by atoms with E-state index in [2.05, 4.69) is 10.1 Å². The molecule has 28 heavy (non-hydrogen) atoms. The van der Waals surface area contributed by atoms with Crippen molar-refractivity contribution in [2.24, 2.45) is 0 Å². The van der Waals surface area contributed by atoms with Crippen molar-refractivity contribution in [1.29, 1.82) is 0 Å². The van der Waals surface area contributed by atoms with Crippen LogP contribution >= 0.6 is 0 Å². The minimum atomic E-state index is -4.90. The zero-order valence-corrected chi connectivity index (χ0v) is 14.1. The number of benzene rings is 2. The number of ether oxygens (including phenoxy) is 1. The molecule has 0 fully saturated rings. The van der Waals surface area contributed by atoms with Crippen LogP contribution in [0.1, 0.15) is 17.2 Å². The van der Waals surface area contributed by atoms with Crippen molar-refractivity contribution in [1.82, 2.24) is 5.32 Å². The van der Waals surface area contributed by atoms with Gasteiger partial charge >= 0.3 is 18.7 Å². The molecule has 0 aromatic heterocycles. The Morgan fingerprint density at radius 3 is 2.14 bits per heavy atom. The summed E-state index contributed by atoms with van der Waals surface area (Å²) in [6.45, 7) is -0.274. The summed E-state index contributed by atoms with van der Waals surface area (Å²) < 4.78 is 93.3. The lowest BCUT2D eigenvalue weighted by molar-refractivity contribution is -0.253. The first-order valence-electron chi connectivity index (χ1n) is 7.97. The van der Waals surface area contributed by atoms with Crippen LogP contribution in [0.15, 0.2) is 54.6 Å². The maximum Gasteiger partial charge on any atom is 0.461 e. The van der Waals surface area contributed by atoms with E-state index in [1.54, 1.807) is 6.07 Å². The second-order valence-electron chi connectivity index (χ2n) is 5.87. The van der Waals surface area contributed by atoms with Gasteiger partial charge in [-0.15, -0.1) is 0 Å². The smallest absolute Gasteiger partial charge is 0.428 e. The highest BCUT2D eigenvalue weighted by molar-refractivity contribution is 5.29. The van der Waals surface area contributed by atoms with Crippen molar-refractivity contribution >= 4 is 0 Å². The van der Waals surface area contributed by atoms with Gasteiger partial charge in [-0.25, -0.2) is 0 Å². The maximum atomic E-state index is 13.0. The Morgan fingerprint density at radius 2 is 1.57 bits per heavy atom. The lowest BCUT2D eigenvalue weighted by atomic mass is 10.0. The van der Waals surface area contributed by atoms with Crippen molar-refractivity contribution in [3.63, 3.8) is 0 Å². The van der Waals surface area contributed by atoms with Crippen molar-refractivity contribution in [2.45, 2.75) is 37.4 Å². The van der Waals surface area contributed by atoms with E-state index in [9.17, 15) is 35.8 Å². The second kappa shape index (κ2) is 8.78. The molecule has 0 aliphatic rings. The molecule has 154 valence electrons. The van der Waals surface area contributed by atoms with Crippen molar-refractivity contribution in [2.75, 3.05) is 0 Å². The molecule has 0 amide bonds. The van der Waals surface area contributed by atoms with Crippen LogP contribution in [0.3, 0.4) is 0 Å². The highest BCUT2D eigenvalue weighted by Crippen LogP contribution is 2.31. The van der Waals surface area contributed by atoms with Crippen LogP contribution in [-0.4, -0.2) is 29.9 Å². The average Bonchev–Trinajstić information content (AvgIpc) is 2.61. The molecule has 2 aromatic carbocycles. The number of halogens is 7. The van der Waals surface area contributed by atoms with E-state index < -0.39 is 36.6 Å². The van der Waals surface area contributed by atoms with Crippen LogP contribution < -0.4 is 10.1 Å². The number of aliphatic hydroxyl groups excluding tert-OH is 1. The van der Waals surface area contributed by atoms with Gasteiger partial charge in [0.15, 0.2) is 6.10 Å². The average molecular weight is 411 g/mol. The standard InChI is InChI=1S/C18H16F7NO2/c19-16(20)18(24,25)28-13-8-4-5-11(9-13)10-26-14(15(27)17(21,22)23)12-6-2-1-3-7-12/h1-9,14-16,26-27H,10H2. The molecule has 2 aromatic rings. The number of aliphatic hydroxyl groups is 1. The highest BCUT2D eigenvalue weighted by Gasteiger charge is 2.45. The van der Waals surface area contributed by atoms with Gasteiger partial charge in [-0.3, -0.25) is 0 Å². The van der Waals surface area contributed by atoms with Gasteiger partial charge in [0.1, 0.15) is 5.75 Å². The van der Waals surface area contributed by atoms with Gasteiger partial charge < -0.3 is 15.2 Å². The summed E-state index contributed by atoms with van der Waals surface area (Å²) in [5.41, 5.74) is 0.349. The molecule has 10 heteroatoms. The molecule has 0 saturated heterocycles. The molecule has 3 nitrogen and oxygen atoms in total. The Morgan fingerprint density at radius 1 is 0.929 bits per heavy atom. The third-order valence-electron chi connectivity index (χ3n) is 3.74. The first-order valence-corrected chi connectivity index (χ1v) is 7.97. The van der Waals surface area contributed by atoms with E-state index in [-0.39, 0.29) is 17.7 Å². The molecular weight excluding hydrogens is 395 g/mol. The molecule has 2 rings (SSSR count). The van der Waals surface area contributed by atoms with Gasteiger partial charge in [-0.05, 0) is 23.3 Å². The topological polar surface area (TPSA) is 41.5 Å². The number of alkyl halides is 7. The number of rotatable bonds is 8. The van der Waals surface area contributed by atoms with Gasteiger partial charge in [-0.1, -0.05) is 42.5 Å². The van der Waals surface area contributed by atoms with Gasteiger partial charge in [0.25, 0.3) is 0 Å². The second-order valence-corrected chi connectivity index (χ2v) is 5.87. The molecule has 0 radical (unpaired) electrons. The zero-order valence-electron chi connectivity index (χ0n) is 14.1. The lowest BCUT2D eigenvalue weighted by Gasteiger charge is -2.26. The summed E-state index contributed by atoms with van der Waals surface area (Å²) >= 11 is 0. The van der Waals surface area contributed by atoms with E-state index in [1.165, 1.54) is 36.4 Å². The van der Waals surface area contributed by atoms with Crippen molar-refractivity contribution in [3.8, 4) is 5.75 Å². The fourth-order valence-electron chi connectivity index (χ4n) is 2.41. The zero-order chi connectivity index (χ0) is 20.9. The van der Waals surface area contributed by atoms with E-state index >= 15 is 0 Å². The summed E-state index contributed by atoms with van der Waals surface area (Å²) in [7, 11) is 0. The molecule has 0 saturated carbocycles. The number of nitrogens with one attached hydrogen (secondary N) is 1. The lowest BCUT2D eigenvalue weighted by Crippen LogP contribution is -2.41. The minimum Gasteiger partial charge on any atom is -0.428 e. The first-order chi connectivity index (χ1) is 13.0. The SMILES string of the molecule is OC(C(NCc1cccc(OC(F)(F)C(F)F)c1)c1ccccc1)C(F)(F)F. The molecular formula is C18H16F7NO2. The Bertz CT molecular complexity index is 753. The maximum absolute atomic E-state index is 13.0. The Labute approximate surface area is 155 Å². The third-order valence-corrected chi connectivity index (χ3v) is 3.74. The minimum absolute atomic E-state index is 0.156. The summed E-state index contributed by atoms with van der Waals surface area (Å²) in [4.78, 5) is 0. The fraction of sp³-hybridized carbons (Fsp3) is 0.333. The van der Waals surface area contributed by atoms with Crippen LogP contribution in [-0.2, 0) is 6.54 Å². The Kier molecular flexibility index (Phi) is 6.89. The first kappa shape index (κ1) is 22.0. The largest absolute Gasteiger partial charge is 0.461 e. The molecule has 0 heterocycles. The summed E-state index contributed by atoms with van der Waals surface area (Å²) in [6, 6.07) is 10.4. The monoisotopic (exact) mass is 411 g/mol. The summed E-state index contributed by atoms with van der Waals surface area (Å²) in [6.07, 6.45) is -16.4. The predicted molar refractivity (Wildman–Crippen MR) is 86.1 cm³/mol. The quantitative estimate of drug-likeness (QED) is 0.620. The Balaban J connectivity index is 2.16. The van der Waals surface area contributed by atoms with E-state index in [1.807, 2.05) is 0 Å². The highest BCUT2D eigenvalue weighted by atomic mass is 19.4. The van der Waals surface area contributed by atoms with E-state index in [0.29, 0.717) is 0 Å².